The molecule has 1 fully saturated rings. The van der Waals surface area contributed by atoms with Gasteiger partial charge in [-0.25, -0.2) is 0 Å². The Bertz CT molecular complexity index is 95.8. The minimum Gasteiger partial charge on any atom is -0.294 e. The van der Waals surface area contributed by atoms with Gasteiger partial charge in [0.25, 0.3) is 0 Å². The van der Waals surface area contributed by atoms with Crippen molar-refractivity contribution in [2.75, 3.05) is 6.54 Å². The molecule has 1 nitrogen and oxygen atoms in total. The van der Waals surface area contributed by atoms with Crippen LogP contribution in [0.2, 0.25) is 0 Å². The molecule has 1 saturated heterocycles. The lowest BCUT2D eigenvalue weighted by atomic mass is 10.0. The molecule has 1 radical (unpaired) electrons. The molecular weight excluding hydrogens is 122 g/mol. The van der Waals surface area contributed by atoms with Gasteiger partial charge in [-0.05, 0) is 40.2 Å². The Balaban J connectivity index is 2.39. The van der Waals surface area contributed by atoms with E-state index in [-0.39, 0.29) is 0 Å². The zero-order chi connectivity index (χ0) is 7.61. The van der Waals surface area contributed by atoms with Gasteiger partial charge in [0, 0.05) is 12.1 Å². The third-order valence-corrected chi connectivity index (χ3v) is 2.06. The van der Waals surface area contributed by atoms with Crippen LogP contribution in [-0.2, 0) is 0 Å². The van der Waals surface area contributed by atoms with Gasteiger partial charge in [0.05, 0.1) is 0 Å². The van der Waals surface area contributed by atoms with Gasteiger partial charge in [0.1, 0.15) is 0 Å². The van der Waals surface area contributed by atoms with Crippen molar-refractivity contribution in [1.29, 1.82) is 0 Å². The molecule has 0 atom stereocenters. The van der Waals surface area contributed by atoms with Crippen molar-refractivity contribution < 1.29 is 0 Å². The zero-order valence-corrected chi connectivity index (χ0v) is 7.35. The summed E-state index contributed by atoms with van der Waals surface area (Å²) < 4.78 is 0. The molecular formula is C9H18N. The number of nitrogens with zero attached hydrogens (tertiary/aromatic N) is 1. The molecule has 59 valence electrons. The van der Waals surface area contributed by atoms with Gasteiger partial charge in [-0.1, -0.05) is 6.42 Å². The fourth-order valence-corrected chi connectivity index (χ4v) is 1.37. The van der Waals surface area contributed by atoms with Gasteiger partial charge in [0.15, 0.2) is 0 Å². The molecule has 0 spiro atoms. The first-order valence-electron chi connectivity index (χ1n) is 4.21. The summed E-state index contributed by atoms with van der Waals surface area (Å²) in [6.45, 7) is 10.4. The lowest BCUT2D eigenvalue weighted by molar-refractivity contribution is 0.150. The number of hydrogen-bond donors (Lipinski definition) is 0. The van der Waals surface area contributed by atoms with Crippen LogP contribution in [0.25, 0.3) is 0 Å². The van der Waals surface area contributed by atoms with Crippen LogP contribution < -0.4 is 0 Å². The first kappa shape index (κ1) is 8.06. The van der Waals surface area contributed by atoms with Crippen molar-refractivity contribution in [3.8, 4) is 0 Å². The highest BCUT2D eigenvalue weighted by Gasteiger charge is 2.22. The molecule has 10 heavy (non-hydrogen) atoms. The SMILES string of the molecule is CC(C)(C)N1[CH]CCCC1. The molecule has 0 N–H and O–H groups in total. The Morgan fingerprint density at radius 1 is 1.20 bits per heavy atom. The van der Waals surface area contributed by atoms with E-state index >= 15 is 0 Å². The van der Waals surface area contributed by atoms with Crippen LogP contribution in [0, 0.1) is 6.54 Å². The second-order valence-corrected chi connectivity index (χ2v) is 4.04. The van der Waals surface area contributed by atoms with Crippen molar-refractivity contribution in [3.05, 3.63) is 6.54 Å². The smallest absolute Gasteiger partial charge is 0.0256 e. The van der Waals surface area contributed by atoms with E-state index in [1.807, 2.05) is 0 Å². The highest BCUT2D eigenvalue weighted by atomic mass is 15.2. The molecule has 1 aliphatic rings. The maximum Gasteiger partial charge on any atom is 0.0256 e. The fraction of sp³-hybridized carbons (Fsp3) is 0.889. The zero-order valence-electron chi connectivity index (χ0n) is 7.35. The van der Waals surface area contributed by atoms with Crippen molar-refractivity contribution in [1.82, 2.24) is 4.90 Å². The Kier molecular flexibility index (Phi) is 2.35. The lowest BCUT2D eigenvalue weighted by Crippen LogP contribution is -2.41. The van der Waals surface area contributed by atoms with Gasteiger partial charge in [-0.15, -0.1) is 0 Å². The summed E-state index contributed by atoms with van der Waals surface area (Å²) in [4.78, 5) is 2.45. The van der Waals surface area contributed by atoms with Crippen molar-refractivity contribution in [2.24, 2.45) is 0 Å². The number of piperidine rings is 1. The maximum atomic E-state index is 2.45. The molecule has 0 aromatic rings. The van der Waals surface area contributed by atoms with Crippen LogP contribution in [0.15, 0.2) is 0 Å². The van der Waals surface area contributed by atoms with Crippen LogP contribution in [0.4, 0.5) is 0 Å². The highest BCUT2D eigenvalue weighted by Crippen LogP contribution is 2.21. The lowest BCUT2D eigenvalue weighted by Gasteiger charge is -2.37. The quantitative estimate of drug-likeness (QED) is 0.499. The van der Waals surface area contributed by atoms with E-state index in [0.717, 1.165) is 0 Å². The molecule has 1 heterocycles. The first-order chi connectivity index (χ1) is 4.61. The number of likely N-dealkylation sites (tertiary alicyclic amines) is 1. The standard InChI is InChI=1S/C9H18N/c1-9(2,3)10-7-5-4-6-8-10/h7H,4-6,8H2,1-3H3. The number of rotatable bonds is 0. The molecule has 0 saturated carbocycles. The summed E-state index contributed by atoms with van der Waals surface area (Å²) >= 11 is 0. The van der Waals surface area contributed by atoms with Gasteiger partial charge in [0.2, 0.25) is 0 Å². The van der Waals surface area contributed by atoms with E-state index < -0.39 is 0 Å². The predicted octanol–water partition coefficient (Wildman–Crippen LogP) is 2.43. The van der Waals surface area contributed by atoms with Gasteiger partial charge >= 0.3 is 0 Å². The van der Waals surface area contributed by atoms with Gasteiger partial charge in [-0.2, -0.15) is 0 Å². The third kappa shape index (κ3) is 1.98. The molecule has 0 amide bonds. The van der Waals surface area contributed by atoms with E-state index in [0.29, 0.717) is 5.54 Å². The Hall–Kier alpha value is -0.0400. The normalized spacial score (nSPS) is 23.1. The van der Waals surface area contributed by atoms with Crippen molar-refractivity contribution >= 4 is 0 Å². The molecule has 1 heteroatoms. The van der Waals surface area contributed by atoms with Crippen molar-refractivity contribution in [3.63, 3.8) is 0 Å². The monoisotopic (exact) mass is 140 g/mol. The first-order valence-corrected chi connectivity index (χ1v) is 4.21. The van der Waals surface area contributed by atoms with E-state index in [2.05, 4.69) is 32.2 Å². The fourth-order valence-electron chi connectivity index (χ4n) is 1.37. The molecule has 0 unspecified atom stereocenters. The maximum absolute atomic E-state index is 2.45. The Morgan fingerprint density at radius 2 is 1.90 bits per heavy atom. The molecule has 0 bridgehead atoms. The molecule has 1 rings (SSSR count). The molecule has 0 aliphatic carbocycles. The Morgan fingerprint density at radius 3 is 2.20 bits per heavy atom. The Labute approximate surface area is 64.4 Å². The van der Waals surface area contributed by atoms with E-state index in [9.17, 15) is 0 Å². The number of hydrogen-bond acceptors (Lipinski definition) is 1. The third-order valence-electron chi connectivity index (χ3n) is 2.06. The van der Waals surface area contributed by atoms with Crippen LogP contribution in [-0.4, -0.2) is 17.0 Å². The second-order valence-electron chi connectivity index (χ2n) is 4.04. The topological polar surface area (TPSA) is 3.24 Å². The summed E-state index contributed by atoms with van der Waals surface area (Å²) in [6, 6.07) is 0. The van der Waals surface area contributed by atoms with Crippen LogP contribution >= 0.6 is 0 Å². The van der Waals surface area contributed by atoms with Crippen molar-refractivity contribution in [2.45, 2.75) is 45.6 Å². The van der Waals surface area contributed by atoms with Crippen LogP contribution in [0.3, 0.4) is 0 Å². The van der Waals surface area contributed by atoms with E-state index in [1.165, 1.54) is 25.8 Å². The van der Waals surface area contributed by atoms with Crippen LogP contribution in [0.5, 0.6) is 0 Å². The molecule has 0 aromatic heterocycles. The van der Waals surface area contributed by atoms with E-state index in [1.54, 1.807) is 0 Å². The molecule has 0 aromatic carbocycles. The largest absolute Gasteiger partial charge is 0.294 e. The van der Waals surface area contributed by atoms with Gasteiger partial charge in [-0.3, -0.25) is 4.90 Å². The highest BCUT2D eigenvalue weighted by molar-refractivity contribution is 4.84. The summed E-state index contributed by atoms with van der Waals surface area (Å²) in [5, 5.41) is 0. The molecule has 1 aliphatic heterocycles. The summed E-state index contributed by atoms with van der Waals surface area (Å²) in [7, 11) is 0. The summed E-state index contributed by atoms with van der Waals surface area (Å²) in [5.74, 6) is 0. The predicted molar refractivity (Wildman–Crippen MR) is 44.6 cm³/mol. The minimum absolute atomic E-state index is 0.348. The summed E-state index contributed by atoms with van der Waals surface area (Å²) in [5.41, 5.74) is 0.348. The second kappa shape index (κ2) is 2.91. The van der Waals surface area contributed by atoms with Crippen LogP contribution in [0.1, 0.15) is 40.0 Å². The average Bonchev–Trinajstić information content (AvgIpc) is 1.88. The summed E-state index contributed by atoms with van der Waals surface area (Å²) in [6.07, 6.45) is 4.03. The van der Waals surface area contributed by atoms with Gasteiger partial charge < -0.3 is 0 Å². The van der Waals surface area contributed by atoms with E-state index in [4.69, 9.17) is 0 Å². The average molecular weight is 140 g/mol. The minimum atomic E-state index is 0.348.